The van der Waals surface area contributed by atoms with Crippen LogP contribution in [0, 0.1) is 18.8 Å². The van der Waals surface area contributed by atoms with Gasteiger partial charge in [0, 0.05) is 32.1 Å². The van der Waals surface area contributed by atoms with Gasteiger partial charge in [0.1, 0.15) is 5.69 Å². The number of ketones is 1. The minimum Gasteiger partial charge on any atom is -0.292 e. The lowest BCUT2D eigenvalue weighted by Crippen LogP contribution is -2.29. The first kappa shape index (κ1) is 11.8. The number of aromatic nitrogens is 1. The number of carbonyl (C=O) groups is 1. The van der Waals surface area contributed by atoms with Crippen molar-refractivity contribution in [2.45, 2.75) is 19.8 Å². The summed E-state index contributed by atoms with van der Waals surface area (Å²) >= 11 is 0. The van der Waals surface area contributed by atoms with Crippen LogP contribution >= 0.6 is 0 Å². The van der Waals surface area contributed by atoms with E-state index in [-0.39, 0.29) is 5.78 Å². The summed E-state index contributed by atoms with van der Waals surface area (Å²) in [5.41, 5.74) is 1.64. The standard InChI is InChI=1S/C14H16N2O/c1-12-5-6-13(15-11-12)14(17)7-10-16-8-3-2-4-9-16/h5-6,11H,3,7-10H2,1H3. The average Bonchev–Trinajstić information content (AvgIpc) is 2.38. The summed E-state index contributed by atoms with van der Waals surface area (Å²) in [5.74, 6) is 6.22. The Labute approximate surface area is 102 Å². The first-order valence-electron chi connectivity index (χ1n) is 5.89. The quantitative estimate of drug-likeness (QED) is 0.580. The highest BCUT2D eigenvalue weighted by Gasteiger charge is 2.11. The number of hydrogen-bond donors (Lipinski definition) is 0. The van der Waals surface area contributed by atoms with Crippen LogP contribution in [0.15, 0.2) is 18.3 Å². The second kappa shape index (κ2) is 5.60. The number of nitrogens with zero attached hydrogens (tertiary/aromatic N) is 2. The summed E-state index contributed by atoms with van der Waals surface area (Å²) in [7, 11) is 0. The maximum Gasteiger partial charge on any atom is 0.182 e. The van der Waals surface area contributed by atoms with Crippen LogP contribution in [0.2, 0.25) is 0 Å². The summed E-state index contributed by atoms with van der Waals surface area (Å²) in [6.45, 7) is 4.51. The first-order valence-corrected chi connectivity index (χ1v) is 5.89. The highest BCUT2D eigenvalue weighted by Crippen LogP contribution is 2.04. The van der Waals surface area contributed by atoms with Crippen LogP contribution in [-0.4, -0.2) is 35.3 Å². The monoisotopic (exact) mass is 228 g/mol. The van der Waals surface area contributed by atoms with Gasteiger partial charge < -0.3 is 0 Å². The van der Waals surface area contributed by atoms with Gasteiger partial charge in [0.15, 0.2) is 5.78 Å². The van der Waals surface area contributed by atoms with E-state index in [0.717, 1.165) is 31.6 Å². The van der Waals surface area contributed by atoms with E-state index in [9.17, 15) is 4.79 Å². The molecule has 3 nitrogen and oxygen atoms in total. The van der Waals surface area contributed by atoms with Gasteiger partial charge in [-0.15, -0.1) is 5.92 Å². The van der Waals surface area contributed by atoms with Crippen LogP contribution in [-0.2, 0) is 0 Å². The minimum absolute atomic E-state index is 0.114. The van der Waals surface area contributed by atoms with Crippen molar-refractivity contribution in [3.8, 4) is 11.8 Å². The highest BCUT2D eigenvalue weighted by atomic mass is 16.1. The molecule has 0 atom stereocenters. The average molecular weight is 228 g/mol. The first-order chi connectivity index (χ1) is 8.25. The Bertz CT molecular complexity index is 453. The van der Waals surface area contributed by atoms with Gasteiger partial charge in [-0.25, -0.2) is 0 Å². The van der Waals surface area contributed by atoms with Crippen molar-refractivity contribution >= 4 is 5.78 Å². The molecule has 0 aliphatic carbocycles. The van der Waals surface area contributed by atoms with Crippen molar-refractivity contribution in [2.75, 3.05) is 19.6 Å². The van der Waals surface area contributed by atoms with Crippen molar-refractivity contribution in [1.29, 1.82) is 0 Å². The number of carbonyl (C=O) groups excluding carboxylic acids is 1. The van der Waals surface area contributed by atoms with E-state index in [2.05, 4.69) is 21.7 Å². The topological polar surface area (TPSA) is 33.2 Å². The Kier molecular flexibility index (Phi) is 3.89. The zero-order valence-electron chi connectivity index (χ0n) is 10.1. The van der Waals surface area contributed by atoms with Gasteiger partial charge in [0.05, 0.1) is 6.54 Å². The van der Waals surface area contributed by atoms with Crippen LogP contribution in [0.5, 0.6) is 0 Å². The number of Topliss-reactive ketones (excluding diaryl/α,β-unsaturated/α-hetero) is 1. The number of aryl methyl sites for hydroxylation is 1. The smallest absolute Gasteiger partial charge is 0.182 e. The lowest BCUT2D eigenvalue weighted by atomic mass is 10.1. The molecule has 0 unspecified atom stereocenters. The largest absolute Gasteiger partial charge is 0.292 e. The molecule has 0 N–H and O–H groups in total. The fourth-order valence-electron chi connectivity index (χ4n) is 1.76. The second-order valence-corrected chi connectivity index (χ2v) is 4.27. The SMILES string of the molecule is Cc1ccc(C(=O)CCN2CC#CCC2)nc1. The third-order valence-electron chi connectivity index (χ3n) is 2.83. The molecule has 0 saturated heterocycles. The molecule has 0 bridgehead atoms. The van der Waals surface area contributed by atoms with Gasteiger partial charge in [0.2, 0.25) is 0 Å². The lowest BCUT2D eigenvalue weighted by molar-refractivity contribution is 0.0962. The van der Waals surface area contributed by atoms with Crippen molar-refractivity contribution in [2.24, 2.45) is 0 Å². The molecule has 1 aromatic rings. The molecular weight excluding hydrogens is 212 g/mol. The summed E-state index contributed by atoms with van der Waals surface area (Å²) < 4.78 is 0. The van der Waals surface area contributed by atoms with Crippen LogP contribution in [0.3, 0.4) is 0 Å². The van der Waals surface area contributed by atoms with E-state index in [1.165, 1.54) is 0 Å². The fourth-order valence-corrected chi connectivity index (χ4v) is 1.76. The minimum atomic E-state index is 0.114. The summed E-state index contributed by atoms with van der Waals surface area (Å²) in [6, 6.07) is 3.72. The molecule has 0 amide bonds. The fraction of sp³-hybridized carbons (Fsp3) is 0.429. The lowest BCUT2D eigenvalue weighted by Gasteiger charge is -2.19. The predicted molar refractivity (Wildman–Crippen MR) is 66.8 cm³/mol. The molecule has 0 aromatic carbocycles. The zero-order valence-corrected chi connectivity index (χ0v) is 10.1. The highest BCUT2D eigenvalue weighted by molar-refractivity contribution is 5.94. The van der Waals surface area contributed by atoms with E-state index in [0.29, 0.717) is 12.1 Å². The third-order valence-corrected chi connectivity index (χ3v) is 2.83. The normalized spacial score (nSPS) is 15.1. The van der Waals surface area contributed by atoms with E-state index >= 15 is 0 Å². The Morgan fingerprint density at radius 3 is 3.00 bits per heavy atom. The van der Waals surface area contributed by atoms with Crippen LogP contribution in [0.1, 0.15) is 28.9 Å². The number of pyridine rings is 1. The maximum atomic E-state index is 11.9. The van der Waals surface area contributed by atoms with E-state index < -0.39 is 0 Å². The predicted octanol–water partition coefficient (Wildman–Crippen LogP) is 1.67. The Hall–Kier alpha value is -1.66. The van der Waals surface area contributed by atoms with Gasteiger partial charge in [-0.1, -0.05) is 12.0 Å². The van der Waals surface area contributed by atoms with Gasteiger partial charge in [-0.2, -0.15) is 0 Å². The van der Waals surface area contributed by atoms with Gasteiger partial charge in [-0.05, 0) is 18.6 Å². The maximum absolute atomic E-state index is 11.9. The molecule has 0 fully saturated rings. The van der Waals surface area contributed by atoms with Crippen molar-refractivity contribution in [1.82, 2.24) is 9.88 Å². The van der Waals surface area contributed by atoms with Crippen LogP contribution in [0.4, 0.5) is 0 Å². The van der Waals surface area contributed by atoms with Gasteiger partial charge in [0.25, 0.3) is 0 Å². The van der Waals surface area contributed by atoms with Crippen molar-refractivity contribution in [3.05, 3.63) is 29.6 Å². The zero-order chi connectivity index (χ0) is 12.1. The second-order valence-electron chi connectivity index (χ2n) is 4.27. The van der Waals surface area contributed by atoms with Crippen LogP contribution < -0.4 is 0 Å². The molecule has 0 radical (unpaired) electrons. The summed E-state index contributed by atoms with van der Waals surface area (Å²) in [6.07, 6.45) is 3.17. The molecule has 1 aromatic heterocycles. The molecule has 88 valence electrons. The Morgan fingerprint density at radius 1 is 1.47 bits per heavy atom. The molecule has 2 rings (SSSR count). The number of rotatable bonds is 4. The Morgan fingerprint density at radius 2 is 2.35 bits per heavy atom. The summed E-state index contributed by atoms with van der Waals surface area (Å²) in [4.78, 5) is 18.2. The molecule has 1 aliphatic rings. The van der Waals surface area contributed by atoms with Crippen molar-refractivity contribution in [3.63, 3.8) is 0 Å². The molecule has 2 heterocycles. The Balaban J connectivity index is 1.85. The molecular formula is C14H16N2O. The molecule has 3 heteroatoms. The third kappa shape index (κ3) is 3.40. The number of hydrogen-bond acceptors (Lipinski definition) is 3. The molecule has 17 heavy (non-hydrogen) atoms. The van der Waals surface area contributed by atoms with Crippen LogP contribution in [0.25, 0.3) is 0 Å². The van der Waals surface area contributed by atoms with E-state index in [1.807, 2.05) is 13.0 Å². The molecule has 0 spiro atoms. The van der Waals surface area contributed by atoms with Gasteiger partial charge in [-0.3, -0.25) is 14.7 Å². The van der Waals surface area contributed by atoms with Gasteiger partial charge >= 0.3 is 0 Å². The van der Waals surface area contributed by atoms with Crippen molar-refractivity contribution < 1.29 is 4.79 Å². The summed E-state index contributed by atoms with van der Waals surface area (Å²) in [5, 5.41) is 0. The molecule has 0 saturated carbocycles. The van der Waals surface area contributed by atoms with E-state index in [4.69, 9.17) is 0 Å². The van der Waals surface area contributed by atoms with E-state index in [1.54, 1.807) is 12.3 Å². The molecule has 1 aliphatic heterocycles.